The third-order valence-corrected chi connectivity index (χ3v) is 13.2. The maximum absolute atomic E-state index is 13.6. The second-order valence-electron chi connectivity index (χ2n) is 16.8. The first-order chi connectivity index (χ1) is 30.7. The van der Waals surface area contributed by atoms with Gasteiger partial charge >= 0.3 is 23.9 Å². The minimum atomic E-state index is -0.385. The highest BCUT2D eigenvalue weighted by Crippen LogP contribution is 2.42. The fraction of sp³-hybridized carbons (Fsp3) is 0.423. The van der Waals surface area contributed by atoms with Gasteiger partial charge in [-0.1, -0.05) is 87.4 Å². The number of carbonyl (C=O) groups excluding carboxylic acids is 4. The SMILES string of the molecule is CCCc1ccc(CCC(=O)OC2CCC(C(=O)Oc3ccc(OC(=O)C4CCC(OC(=O)CCc5ccc(CCC)cc5)CC4)c4sc(-c5ccc(C#N)cc5)nc34)CC2)cc1. The number of hydrogen-bond acceptors (Lipinski definition) is 11. The summed E-state index contributed by atoms with van der Waals surface area (Å²) in [6, 6.07) is 29.2. The molecule has 328 valence electrons. The number of aryl methyl sites for hydroxylation is 4. The van der Waals surface area contributed by atoms with Gasteiger partial charge in [0.2, 0.25) is 0 Å². The zero-order chi connectivity index (χ0) is 44.1. The normalized spacial score (nSPS) is 18.6. The van der Waals surface area contributed by atoms with Crippen LogP contribution in [0.25, 0.3) is 20.8 Å². The van der Waals surface area contributed by atoms with Gasteiger partial charge in [-0.25, -0.2) is 4.98 Å². The summed E-state index contributed by atoms with van der Waals surface area (Å²) in [6.45, 7) is 4.31. The molecule has 2 fully saturated rings. The number of nitriles is 1. The zero-order valence-corrected chi connectivity index (χ0v) is 37.1. The summed E-state index contributed by atoms with van der Waals surface area (Å²) in [5, 5.41) is 9.95. The third-order valence-electron chi connectivity index (χ3n) is 12.1. The quantitative estimate of drug-likeness (QED) is 0.0654. The number of carbonyl (C=O) groups is 4. The first-order valence-corrected chi connectivity index (χ1v) is 23.4. The Morgan fingerprint density at radius 2 is 1.02 bits per heavy atom. The largest absolute Gasteiger partial charge is 0.462 e. The Morgan fingerprint density at radius 1 is 0.587 bits per heavy atom. The van der Waals surface area contributed by atoms with Gasteiger partial charge in [-0.2, -0.15) is 5.26 Å². The van der Waals surface area contributed by atoms with Crippen molar-refractivity contribution in [2.75, 3.05) is 0 Å². The third kappa shape index (κ3) is 12.4. The summed E-state index contributed by atoms with van der Waals surface area (Å²) in [7, 11) is 0. The van der Waals surface area contributed by atoms with Crippen molar-refractivity contribution in [3.8, 4) is 28.1 Å². The molecular formula is C52H56N2O8S. The van der Waals surface area contributed by atoms with Crippen LogP contribution in [0.1, 0.15) is 119 Å². The second-order valence-corrected chi connectivity index (χ2v) is 17.8. The maximum atomic E-state index is 13.6. The maximum Gasteiger partial charge on any atom is 0.314 e. The molecule has 0 atom stereocenters. The summed E-state index contributed by atoms with van der Waals surface area (Å²) in [4.78, 5) is 57.5. The number of fused-ring (bicyclic) bond motifs is 1. The van der Waals surface area contributed by atoms with E-state index >= 15 is 0 Å². The molecule has 0 N–H and O–H groups in total. The van der Waals surface area contributed by atoms with Crippen LogP contribution < -0.4 is 9.47 Å². The number of ether oxygens (including phenoxy) is 4. The van der Waals surface area contributed by atoms with Crippen molar-refractivity contribution in [1.82, 2.24) is 4.98 Å². The molecule has 4 aromatic carbocycles. The topological polar surface area (TPSA) is 142 Å². The van der Waals surface area contributed by atoms with E-state index in [2.05, 4.69) is 68.4 Å². The van der Waals surface area contributed by atoms with Gasteiger partial charge in [-0.05, 0) is 124 Å². The number of nitrogens with zero attached hydrogens (tertiary/aromatic N) is 2. The van der Waals surface area contributed by atoms with Crippen molar-refractivity contribution in [3.63, 3.8) is 0 Å². The van der Waals surface area contributed by atoms with E-state index in [4.69, 9.17) is 23.9 Å². The van der Waals surface area contributed by atoms with Crippen LogP contribution in [0, 0.1) is 23.2 Å². The van der Waals surface area contributed by atoms with Crippen LogP contribution in [0.3, 0.4) is 0 Å². The van der Waals surface area contributed by atoms with Crippen molar-refractivity contribution >= 4 is 45.4 Å². The van der Waals surface area contributed by atoms with E-state index in [-0.39, 0.29) is 53.7 Å². The average molecular weight is 869 g/mol. The van der Waals surface area contributed by atoms with E-state index in [0.29, 0.717) is 104 Å². The molecule has 5 aromatic rings. The molecule has 0 spiro atoms. The minimum absolute atomic E-state index is 0.228. The van der Waals surface area contributed by atoms with E-state index < -0.39 is 0 Å². The Labute approximate surface area is 373 Å². The Morgan fingerprint density at radius 3 is 1.46 bits per heavy atom. The molecule has 2 aliphatic carbocycles. The molecule has 2 aliphatic rings. The fourth-order valence-electron chi connectivity index (χ4n) is 8.45. The summed E-state index contributed by atoms with van der Waals surface area (Å²) in [5.41, 5.74) is 6.48. The van der Waals surface area contributed by atoms with Crippen LogP contribution in [0.15, 0.2) is 84.9 Å². The molecular weight excluding hydrogens is 813 g/mol. The first kappa shape index (κ1) is 45.2. The molecule has 1 aromatic heterocycles. The lowest BCUT2D eigenvalue weighted by atomic mass is 9.87. The molecule has 0 unspecified atom stereocenters. The highest BCUT2D eigenvalue weighted by atomic mass is 32.1. The lowest BCUT2D eigenvalue weighted by Gasteiger charge is -2.27. The Kier molecular flexibility index (Phi) is 15.8. The van der Waals surface area contributed by atoms with Crippen molar-refractivity contribution in [2.24, 2.45) is 11.8 Å². The lowest BCUT2D eigenvalue weighted by molar-refractivity contribution is -0.153. The smallest absolute Gasteiger partial charge is 0.314 e. The molecule has 0 saturated heterocycles. The van der Waals surface area contributed by atoms with E-state index in [1.807, 2.05) is 0 Å². The molecule has 10 nitrogen and oxygen atoms in total. The molecule has 11 heteroatoms. The molecule has 0 radical (unpaired) electrons. The minimum Gasteiger partial charge on any atom is -0.462 e. The number of hydrogen-bond donors (Lipinski definition) is 0. The Hall–Kier alpha value is -5.86. The molecule has 0 amide bonds. The number of benzene rings is 4. The van der Waals surface area contributed by atoms with Gasteiger partial charge in [0.1, 0.15) is 27.4 Å². The van der Waals surface area contributed by atoms with Crippen molar-refractivity contribution in [2.45, 2.75) is 129 Å². The highest BCUT2D eigenvalue weighted by molar-refractivity contribution is 7.22. The van der Waals surface area contributed by atoms with Gasteiger partial charge in [0, 0.05) is 18.4 Å². The van der Waals surface area contributed by atoms with Crippen molar-refractivity contribution in [3.05, 3.63) is 113 Å². The summed E-state index contributed by atoms with van der Waals surface area (Å²) < 4.78 is 24.2. The summed E-state index contributed by atoms with van der Waals surface area (Å²) in [5.74, 6) is -1.37. The van der Waals surface area contributed by atoms with Crippen LogP contribution in [0.5, 0.6) is 11.5 Å². The Balaban J connectivity index is 0.932. The van der Waals surface area contributed by atoms with E-state index in [9.17, 15) is 24.4 Å². The molecule has 2 saturated carbocycles. The number of rotatable bonds is 17. The van der Waals surface area contributed by atoms with E-state index in [0.717, 1.165) is 42.4 Å². The first-order valence-electron chi connectivity index (χ1n) is 22.6. The molecule has 63 heavy (non-hydrogen) atoms. The molecule has 1 heterocycles. The van der Waals surface area contributed by atoms with Crippen LogP contribution in [-0.2, 0) is 54.3 Å². The van der Waals surface area contributed by atoms with Crippen molar-refractivity contribution < 1.29 is 38.1 Å². The van der Waals surface area contributed by atoms with E-state index in [1.54, 1.807) is 36.4 Å². The zero-order valence-electron chi connectivity index (χ0n) is 36.3. The van der Waals surface area contributed by atoms with Crippen LogP contribution in [0.4, 0.5) is 0 Å². The van der Waals surface area contributed by atoms with Gasteiger partial charge < -0.3 is 18.9 Å². The van der Waals surface area contributed by atoms with Crippen LogP contribution in [-0.4, -0.2) is 41.1 Å². The summed E-state index contributed by atoms with van der Waals surface area (Å²) in [6.07, 6.45) is 10.1. The van der Waals surface area contributed by atoms with Gasteiger partial charge in [0.05, 0.1) is 23.5 Å². The standard InChI is InChI=1S/C52H56N2O8S/c1-3-5-34-7-11-36(12-8-34)17-31-46(55)59-42-25-21-40(22-26-42)51(57)61-44-29-30-45(49-48(44)54-50(63-49)39-19-15-38(33-53)16-20-39)62-52(58)41-23-27-43(28-24-41)60-47(56)32-18-37-13-9-35(6-4-2)10-14-37/h7-16,19-20,29-30,40-43H,3-6,17-18,21-28,31-32H2,1-2H3. The molecule has 0 bridgehead atoms. The van der Waals surface area contributed by atoms with Gasteiger partial charge in [0.25, 0.3) is 0 Å². The molecule has 7 rings (SSSR count). The van der Waals surface area contributed by atoms with Crippen LogP contribution >= 0.6 is 11.3 Å². The number of thiazole rings is 1. The predicted molar refractivity (Wildman–Crippen MR) is 242 cm³/mol. The van der Waals surface area contributed by atoms with Crippen LogP contribution in [0.2, 0.25) is 0 Å². The van der Waals surface area contributed by atoms with Crippen molar-refractivity contribution in [1.29, 1.82) is 5.26 Å². The predicted octanol–water partition coefficient (Wildman–Crippen LogP) is 11.0. The Bertz CT molecular complexity index is 2250. The summed E-state index contributed by atoms with van der Waals surface area (Å²) >= 11 is 1.31. The fourth-order valence-corrected chi connectivity index (χ4v) is 9.49. The lowest BCUT2D eigenvalue weighted by Crippen LogP contribution is -2.30. The van der Waals surface area contributed by atoms with Gasteiger partial charge in [0.15, 0.2) is 11.5 Å². The average Bonchev–Trinajstić information content (AvgIpc) is 3.77. The molecule has 0 aliphatic heterocycles. The number of esters is 4. The monoisotopic (exact) mass is 868 g/mol. The van der Waals surface area contributed by atoms with Gasteiger partial charge in [-0.3, -0.25) is 19.2 Å². The van der Waals surface area contributed by atoms with E-state index in [1.165, 1.54) is 22.5 Å². The second kappa shape index (κ2) is 22.0. The highest BCUT2D eigenvalue weighted by Gasteiger charge is 2.32. The number of aromatic nitrogens is 1. The van der Waals surface area contributed by atoms with Gasteiger partial charge in [-0.15, -0.1) is 11.3 Å².